The van der Waals surface area contributed by atoms with Crippen LogP contribution in [0.15, 0.2) is 29.3 Å². The number of rotatable bonds is 8. The Kier molecular flexibility index (Phi) is 11.5. The number of guanidine groups is 1. The average Bonchev–Trinajstić information content (AvgIpc) is 2.61. The summed E-state index contributed by atoms with van der Waals surface area (Å²) in [4.78, 5) is 4.73. The fraction of sp³-hybridized carbons (Fsp3) is 0.667. The molecule has 0 atom stereocenters. The average molecular weight is 537 g/mol. The molecule has 6 nitrogen and oxygen atoms in total. The SMILES string of the molecule is CCNC(=NCc1ccccc1CS(=O)(=O)NC(C)C)NC1CCC(C)CC1.I. The largest absolute Gasteiger partial charge is 0.357 e. The minimum absolute atomic E-state index is 0. The van der Waals surface area contributed by atoms with Crippen LogP contribution in [0.2, 0.25) is 0 Å². The second-order valence-electron chi connectivity index (χ2n) is 8.10. The van der Waals surface area contributed by atoms with E-state index >= 15 is 0 Å². The second kappa shape index (κ2) is 12.7. The van der Waals surface area contributed by atoms with Gasteiger partial charge in [0.25, 0.3) is 0 Å². The number of nitrogens with zero attached hydrogens (tertiary/aromatic N) is 1. The molecule has 166 valence electrons. The van der Waals surface area contributed by atoms with Crippen LogP contribution in [0, 0.1) is 5.92 Å². The number of aliphatic imine (C=N–C) groups is 1. The van der Waals surface area contributed by atoms with Gasteiger partial charge in [0.15, 0.2) is 5.96 Å². The van der Waals surface area contributed by atoms with Crippen LogP contribution < -0.4 is 15.4 Å². The Labute approximate surface area is 193 Å². The molecule has 29 heavy (non-hydrogen) atoms. The van der Waals surface area contributed by atoms with E-state index in [0.717, 1.165) is 29.5 Å². The van der Waals surface area contributed by atoms with E-state index in [9.17, 15) is 8.42 Å². The van der Waals surface area contributed by atoms with Gasteiger partial charge in [-0.15, -0.1) is 24.0 Å². The second-order valence-corrected chi connectivity index (χ2v) is 9.85. The Balaban J connectivity index is 0.00000420. The molecule has 1 saturated carbocycles. The minimum Gasteiger partial charge on any atom is -0.357 e. The standard InChI is InChI=1S/C21H36N4O2S.HI/c1-5-22-21(24-20-12-10-17(4)11-13-20)23-14-18-8-6-7-9-19(18)15-28(26,27)25-16(2)3;/h6-9,16-17,20,25H,5,10-15H2,1-4H3,(H2,22,23,24);1H. The molecule has 1 aromatic carbocycles. The highest BCUT2D eigenvalue weighted by molar-refractivity contribution is 14.0. The first-order valence-corrected chi connectivity index (χ1v) is 12.1. The number of hydrogen-bond donors (Lipinski definition) is 3. The summed E-state index contributed by atoms with van der Waals surface area (Å²) in [5.74, 6) is 1.59. The van der Waals surface area contributed by atoms with E-state index in [1.165, 1.54) is 25.7 Å². The van der Waals surface area contributed by atoms with E-state index in [1.807, 2.05) is 38.1 Å². The van der Waals surface area contributed by atoms with Crippen LogP contribution in [0.25, 0.3) is 0 Å². The molecular formula is C21H37IN4O2S. The Hall–Kier alpha value is -0.870. The van der Waals surface area contributed by atoms with Crippen molar-refractivity contribution in [2.45, 2.75) is 77.8 Å². The number of nitrogens with one attached hydrogen (secondary N) is 3. The molecule has 0 spiro atoms. The van der Waals surface area contributed by atoms with Crippen molar-refractivity contribution < 1.29 is 8.42 Å². The molecule has 0 aliphatic heterocycles. The van der Waals surface area contributed by atoms with E-state index in [-0.39, 0.29) is 35.8 Å². The molecule has 0 radical (unpaired) electrons. The monoisotopic (exact) mass is 536 g/mol. The van der Waals surface area contributed by atoms with Crippen molar-refractivity contribution in [1.82, 2.24) is 15.4 Å². The molecule has 0 amide bonds. The summed E-state index contributed by atoms with van der Waals surface area (Å²) in [6.07, 6.45) is 4.84. The fourth-order valence-electron chi connectivity index (χ4n) is 3.54. The normalized spacial score (nSPS) is 20.2. The molecule has 2 rings (SSSR count). The summed E-state index contributed by atoms with van der Waals surface area (Å²) in [7, 11) is -3.36. The molecule has 1 aliphatic rings. The molecule has 0 unspecified atom stereocenters. The zero-order valence-corrected chi connectivity index (χ0v) is 21.2. The Bertz CT molecular complexity index is 745. The molecule has 0 bridgehead atoms. The topological polar surface area (TPSA) is 82.6 Å². The van der Waals surface area contributed by atoms with Gasteiger partial charge in [-0.3, -0.25) is 0 Å². The summed E-state index contributed by atoms with van der Waals surface area (Å²) in [6, 6.07) is 7.97. The molecule has 8 heteroatoms. The van der Waals surface area contributed by atoms with E-state index < -0.39 is 10.0 Å². The van der Waals surface area contributed by atoms with Gasteiger partial charge in [0.1, 0.15) is 0 Å². The maximum atomic E-state index is 12.3. The highest BCUT2D eigenvalue weighted by atomic mass is 127. The fourth-order valence-corrected chi connectivity index (χ4v) is 5.03. The zero-order chi connectivity index (χ0) is 20.6. The first-order valence-electron chi connectivity index (χ1n) is 10.4. The van der Waals surface area contributed by atoms with Crippen LogP contribution in [0.1, 0.15) is 64.5 Å². The van der Waals surface area contributed by atoms with Crippen LogP contribution in [0.4, 0.5) is 0 Å². The van der Waals surface area contributed by atoms with Gasteiger partial charge in [-0.05, 0) is 63.5 Å². The number of hydrogen-bond acceptors (Lipinski definition) is 3. The first kappa shape index (κ1) is 26.2. The molecule has 1 aliphatic carbocycles. The first-order chi connectivity index (χ1) is 13.3. The van der Waals surface area contributed by atoms with Gasteiger partial charge in [0, 0.05) is 18.6 Å². The zero-order valence-electron chi connectivity index (χ0n) is 18.1. The maximum Gasteiger partial charge on any atom is 0.216 e. The van der Waals surface area contributed by atoms with Crippen LogP contribution in [0.3, 0.4) is 0 Å². The summed E-state index contributed by atoms with van der Waals surface area (Å²) in [5, 5.41) is 6.86. The van der Waals surface area contributed by atoms with Gasteiger partial charge in [0.05, 0.1) is 12.3 Å². The minimum atomic E-state index is -3.36. The molecule has 0 heterocycles. The lowest BCUT2D eigenvalue weighted by Gasteiger charge is -2.28. The van der Waals surface area contributed by atoms with Crippen molar-refractivity contribution in [1.29, 1.82) is 0 Å². The van der Waals surface area contributed by atoms with Gasteiger partial charge in [-0.25, -0.2) is 18.1 Å². The van der Waals surface area contributed by atoms with Crippen LogP contribution in [-0.2, 0) is 22.3 Å². The summed E-state index contributed by atoms with van der Waals surface area (Å²) in [6.45, 7) is 9.27. The lowest BCUT2D eigenvalue weighted by molar-refractivity contribution is 0.329. The highest BCUT2D eigenvalue weighted by Crippen LogP contribution is 2.23. The van der Waals surface area contributed by atoms with Crippen molar-refractivity contribution in [2.75, 3.05) is 6.54 Å². The third-order valence-corrected chi connectivity index (χ3v) is 6.51. The highest BCUT2D eigenvalue weighted by Gasteiger charge is 2.19. The van der Waals surface area contributed by atoms with Gasteiger partial charge in [-0.1, -0.05) is 31.2 Å². The molecule has 0 saturated heterocycles. The Morgan fingerprint density at radius 1 is 1.14 bits per heavy atom. The predicted octanol–water partition coefficient (Wildman–Crippen LogP) is 3.77. The van der Waals surface area contributed by atoms with Crippen molar-refractivity contribution in [3.63, 3.8) is 0 Å². The summed E-state index contributed by atoms with van der Waals surface area (Å²) < 4.78 is 27.3. The van der Waals surface area contributed by atoms with Crippen molar-refractivity contribution in [3.8, 4) is 0 Å². The lowest BCUT2D eigenvalue weighted by atomic mass is 9.87. The number of benzene rings is 1. The molecular weight excluding hydrogens is 499 g/mol. The summed E-state index contributed by atoms with van der Waals surface area (Å²) in [5.41, 5.74) is 1.73. The van der Waals surface area contributed by atoms with Gasteiger partial charge in [-0.2, -0.15) is 0 Å². The molecule has 1 aromatic rings. The molecule has 3 N–H and O–H groups in total. The van der Waals surface area contributed by atoms with Crippen molar-refractivity contribution in [2.24, 2.45) is 10.9 Å². The molecule has 1 fully saturated rings. The van der Waals surface area contributed by atoms with Gasteiger partial charge >= 0.3 is 0 Å². The molecule has 0 aromatic heterocycles. The van der Waals surface area contributed by atoms with Crippen molar-refractivity contribution >= 4 is 40.0 Å². The smallest absolute Gasteiger partial charge is 0.216 e. The van der Waals surface area contributed by atoms with Crippen molar-refractivity contribution in [3.05, 3.63) is 35.4 Å². The predicted molar refractivity (Wildman–Crippen MR) is 132 cm³/mol. The Morgan fingerprint density at radius 2 is 1.76 bits per heavy atom. The quantitative estimate of drug-likeness (QED) is 0.269. The maximum absolute atomic E-state index is 12.3. The third-order valence-electron chi connectivity index (χ3n) is 4.99. The Morgan fingerprint density at radius 3 is 2.34 bits per heavy atom. The lowest BCUT2D eigenvalue weighted by Crippen LogP contribution is -2.44. The van der Waals surface area contributed by atoms with Crippen LogP contribution in [0.5, 0.6) is 0 Å². The van der Waals surface area contributed by atoms with E-state index in [4.69, 9.17) is 4.99 Å². The number of halogens is 1. The van der Waals surface area contributed by atoms with E-state index in [2.05, 4.69) is 29.2 Å². The summed E-state index contributed by atoms with van der Waals surface area (Å²) >= 11 is 0. The third kappa shape index (κ3) is 9.65. The van der Waals surface area contributed by atoms with Gasteiger partial charge < -0.3 is 10.6 Å². The van der Waals surface area contributed by atoms with Crippen LogP contribution >= 0.6 is 24.0 Å². The van der Waals surface area contributed by atoms with Crippen LogP contribution in [-0.4, -0.2) is 33.0 Å². The number of sulfonamides is 1. The van der Waals surface area contributed by atoms with Gasteiger partial charge in [0.2, 0.25) is 10.0 Å². The van der Waals surface area contributed by atoms with E-state index in [1.54, 1.807) is 0 Å². The van der Waals surface area contributed by atoms with E-state index in [0.29, 0.717) is 12.6 Å².